The average molecular weight is 237 g/mol. The van der Waals surface area contributed by atoms with Gasteiger partial charge >= 0.3 is 0 Å². The summed E-state index contributed by atoms with van der Waals surface area (Å²) < 4.78 is 0. The van der Waals surface area contributed by atoms with E-state index in [0.717, 1.165) is 22.9 Å². The van der Waals surface area contributed by atoms with Gasteiger partial charge in [-0.25, -0.2) is 4.98 Å². The van der Waals surface area contributed by atoms with Crippen LogP contribution in [0.25, 0.3) is 0 Å². The number of hydrogen-bond donors (Lipinski definition) is 1. The van der Waals surface area contributed by atoms with Gasteiger partial charge in [0.2, 0.25) is 0 Å². The zero-order valence-electron chi connectivity index (χ0n) is 10.6. The Hall–Kier alpha value is -2.16. The van der Waals surface area contributed by atoms with E-state index in [1.165, 1.54) is 11.1 Å². The smallest absolute Gasteiger partial charge is 0.137 e. The first-order chi connectivity index (χ1) is 8.74. The van der Waals surface area contributed by atoms with Gasteiger partial charge in [-0.05, 0) is 25.5 Å². The molecule has 1 N–H and O–H groups in total. The fourth-order valence-electron chi connectivity index (χ4n) is 2.24. The Morgan fingerprint density at radius 1 is 1.11 bits per heavy atom. The number of aromatic nitrogens is 1. The van der Waals surface area contributed by atoms with E-state index in [-0.39, 0.29) is 0 Å². The van der Waals surface area contributed by atoms with Crippen molar-refractivity contribution in [2.45, 2.75) is 20.4 Å². The number of rotatable bonds is 1. The molecule has 0 aliphatic carbocycles. The summed E-state index contributed by atoms with van der Waals surface area (Å²) in [5.41, 5.74) is 4.58. The van der Waals surface area contributed by atoms with Gasteiger partial charge in [0.25, 0.3) is 0 Å². The number of aryl methyl sites for hydroxylation is 2. The molecule has 3 rings (SSSR count). The van der Waals surface area contributed by atoms with Crippen LogP contribution in [0.4, 0.5) is 5.82 Å². The molecule has 0 atom stereocenters. The van der Waals surface area contributed by atoms with E-state index in [1.54, 1.807) is 0 Å². The summed E-state index contributed by atoms with van der Waals surface area (Å²) in [6.07, 6.45) is 0. The van der Waals surface area contributed by atoms with E-state index in [9.17, 15) is 0 Å². The van der Waals surface area contributed by atoms with Crippen LogP contribution in [0.1, 0.15) is 22.4 Å². The van der Waals surface area contributed by atoms with Crippen LogP contribution in [0.3, 0.4) is 0 Å². The molecule has 0 bridgehead atoms. The third-order valence-electron chi connectivity index (χ3n) is 3.15. The highest BCUT2D eigenvalue weighted by Gasteiger charge is 2.16. The van der Waals surface area contributed by atoms with Crippen LogP contribution in [0.2, 0.25) is 0 Å². The number of anilines is 1. The normalized spacial score (nSPS) is 13.6. The molecule has 0 saturated carbocycles. The lowest BCUT2D eigenvalue weighted by molar-refractivity contribution is 0.991. The maximum Gasteiger partial charge on any atom is 0.137 e. The van der Waals surface area contributed by atoms with E-state index >= 15 is 0 Å². The lowest BCUT2D eigenvalue weighted by atomic mass is 10.1. The van der Waals surface area contributed by atoms with E-state index in [0.29, 0.717) is 6.54 Å². The zero-order chi connectivity index (χ0) is 12.5. The maximum atomic E-state index is 4.60. The molecule has 0 spiro atoms. The molecule has 3 heteroatoms. The van der Waals surface area contributed by atoms with Crippen molar-refractivity contribution in [3.8, 4) is 0 Å². The van der Waals surface area contributed by atoms with Gasteiger partial charge in [0.15, 0.2) is 0 Å². The monoisotopic (exact) mass is 237 g/mol. The average Bonchev–Trinajstić information content (AvgIpc) is 2.39. The molecule has 0 saturated heterocycles. The molecule has 1 aliphatic rings. The van der Waals surface area contributed by atoms with Crippen LogP contribution in [0.5, 0.6) is 0 Å². The minimum Gasteiger partial charge on any atom is -0.324 e. The molecule has 2 heterocycles. The van der Waals surface area contributed by atoms with Gasteiger partial charge in [0, 0.05) is 16.8 Å². The lowest BCUT2D eigenvalue weighted by Gasteiger charge is -2.19. The van der Waals surface area contributed by atoms with Crippen LogP contribution >= 0.6 is 0 Å². The largest absolute Gasteiger partial charge is 0.324 e. The molecular weight excluding hydrogens is 222 g/mol. The minimum atomic E-state index is 0.700. The molecule has 2 aromatic rings. The summed E-state index contributed by atoms with van der Waals surface area (Å²) in [7, 11) is 0. The molecule has 1 aromatic heterocycles. The molecule has 90 valence electrons. The van der Waals surface area contributed by atoms with Gasteiger partial charge in [0.1, 0.15) is 11.7 Å². The van der Waals surface area contributed by atoms with Crippen molar-refractivity contribution in [3.05, 3.63) is 58.8 Å². The van der Waals surface area contributed by atoms with Crippen molar-refractivity contribution in [1.29, 1.82) is 0 Å². The number of aliphatic imine (C=N–C) groups is 1. The predicted octanol–water partition coefficient (Wildman–Crippen LogP) is 3.07. The van der Waals surface area contributed by atoms with Crippen molar-refractivity contribution in [1.82, 2.24) is 4.98 Å². The predicted molar refractivity (Wildman–Crippen MR) is 74.0 cm³/mol. The van der Waals surface area contributed by atoms with Gasteiger partial charge in [-0.2, -0.15) is 0 Å². The summed E-state index contributed by atoms with van der Waals surface area (Å²) >= 11 is 0. The third kappa shape index (κ3) is 1.88. The van der Waals surface area contributed by atoms with Crippen molar-refractivity contribution in [2.75, 3.05) is 5.32 Å². The van der Waals surface area contributed by atoms with Gasteiger partial charge in [-0.15, -0.1) is 0 Å². The summed E-state index contributed by atoms with van der Waals surface area (Å²) in [6.45, 7) is 4.83. The molecule has 18 heavy (non-hydrogen) atoms. The summed E-state index contributed by atoms with van der Waals surface area (Å²) in [4.78, 5) is 9.16. The lowest BCUT2D eigenvalue weighted by Crippen LogP contribution is -2.21. The minimum absolute atomic E-state index is 0.700. The number of benzene rings is 1. The van der Waals surface area contributed by atoms with Crippen LogP contribution in [-0.4, -0.2) is 10.8 Å². The van der Waals surface area contributed by atoms with Crippen LogP contribution in [0.15, 0.2) is 41.4 Å². The number of pyridine rings is 1. The van der Waals surface area contributed by atoms with E-state index in [4.69, 9.17) is 0 Å². The van der Waals surface area contributed by atoms with Crippen molar-refractivity contribution in [3.63, 3.8) is 0 Å². The molecule has 1 aromatic carbocycles. The number of amidine groups is 1. The Morgan fingerprint density at radius 3 is 2.67 bits per heavy atom. The van der Waals surface area contributed by atoms with Gasteiger partial charge in [-0.3, -0.25) is 4.99 Å². The summed E-state index contributed by atoms with van der Waals surface area (Å²) in [5.74, 6) is 1.85. The second-order valence-corrected chi connectivity index (χ2v) is 4.56. The highest BCUT2D eigenvalue weighted by molar-refractivity contribution is 6.09. The molecule has 0 radical (unpaired) electrons. The number of fused-ring (bicyclic) bond motifs is 1. The number of nitrogens with zero attached hydrogens (tertiary/aromatic N) is 2. The topological polar surface area (TPSA) is 37.3 Å². The standard InChI is InChI=1S/C15H15N3/c1-10-8-11(2)17-15-13(10)9-16-14(18-15)12-6-4-3-5-7-12/h3-8H,9H2,1-2H3,(H,16,17,18). The molecule has 1 aliphatic heterocycles. The first-order valence-corrected chi connectivity index (χ1v) is 6.08. The third-order valence-corrected chi connectivity index (χ3v) is 3.15. The van der Waals surface area contributed by atoms with Gasteiger partial charge in [0.05, 0.1) is 6.54 Å². The highest BCUT2D eigenvalue weighted by atomic mass is 15.1. The van der Waals surface area contributed by atoms with E-state index in [1.807, 2.05) is 25.1 Å². The first kappa shape index (κ1) is 11.0. The Bertz CT molecular complexity index is 615. The molecule has 0 amide bonds. The van der Waals surface area contributed by atoms with Crippen molar-refractivity contribution >= 4 is 11.7 Å². The fraction of sp³-hybridized carbons (Fsp3) is 0.200. The highest BCUT2D eigenvalue weighted by Crippen LogP contribution is 2.24. The Morgan fingerprint density at radius 2 is 1.89 bits per heavy atom. The molecular formula is C15H15N3. The van der Waals surface area contributed by atoms with Crippen molar-refractivity contribution < 1.29 is 0 Å². The van der Waals surface area contributed by atoms with Gasteiger partial charge < -0.3 is 5.32 Å². The summed E-state index contributed by atoms with van der Waals surface area (Å²) in [5, 5.41) is 3.33. The van der Waals surface area contributed by atoms with E-state index < -0.39 is 0 Å². The maximum absolute atomic E-state index is 4.60. The quantitative estimate of drug-likeness (QED) is 0.827. The van der Waals surface area contributed by atoms with Crippen LogP contribution in [0, 0.1) is 13.8 Å². The van der Waals surface area contributed by atoms with Crippen molar-refractivity contribution in [2.24, 2.45) is 4.99 Å². The second-order valence-electron chi connectivity index (χ2n) is 4.56. The Balaban J connectivity index is 2.00. The van der Waals surface area contributed by atoms with Crippen LogP contribution in [-0.2, 0) is 6.54 Å². The zero-order valence-corrected chi connectivity index (χ0v) is 10.6. The molecule has 3 nitrogen and oxygen atoms in total. The Kier molecular flexibility index (Phi) is 2.59. The second kappa shape index (κ2) is 4.26. The molecule has 0 unspecified atom stereocenters. The molecule has 0 fully saturated rings. The SMILES string of the molecule is Cc1cc(C)c2c(n1)NC(c1ccccc1)=NC2. The van der Waals surface area contributed by atoms with Gasteiger partial charge in [-0.1, -0.05) is 30.3 Å². The Labute approximate surface area is 107 Å². The number of hydrogen-bond acceptors (Lipinski definition) is 3. The first-order valence-electron chi connectivity index (χ1n) is 6.08. The van der Waals surface area contributed by atoms with Crippen LogP contribution < -0.4 is 5.32 Å². The fourth-order valence-corrected chi connectivity index (χ4v) is 2.24. The number of nitrogens with one attached hydrogen (secondary N) is 1. The van der Waals surface area contributed by atoms with E-state index in [2.05, 4.69) is 40.4 Å². The summed E-state index contributed by atoms with van der Waals surface area (Å²) in [6, 6.07) is 12.3.